The predicted molar refractivity (Wildman–Crippen MR) is 79.7 cm³/mol. The molecule has 0 bridgehead atoms. The SMILES string of the molecule is O=C(O)CNc1nc(Nc2c(F)ccc(F)c2F)cc(C2CC2)n1. The molecule has 0 radical (unpaired) electrons. The van der Waals surface area contributed by atoms with Gasteiger partial charge in [-0.15, -0.1) is 0 Å². The largest absolute Gasteiger partial charge is 0.480 e. The minimum absolute atomic E-state index is 0.0153. The van der Waals surface area contributed by atoms with Gasteiger partial charge in [-0.1, -0.05) is 0 Å². The lowest BCUT2D eigenvalue weighted by atomic mass is 10.2. The zero-order valence-electron chi connectivity index (χ0n) is 12.3. The highest BCUT2D eigenvalue weighted by atomic mass is 19.2. The van der Waals surface area contributed by atoms with Crippen LogP contribution in [-0.2, 0) is 4.79 Å². The van der Waals surface area contributed by atoms with Gasteiger partial charge in [-0.3, -0.25) is 4.79 Å². The molecule has 1 aliphatic rings. The summed E-state index contributed by atoms with van der Waals surface area (Å²) >= 11 is 0. The summed E-state index contributed by atoms with van der Waals surface area (Å²) in [5.41, 5.74) is -0.0442. The van der Waals surface area contributed by atoms with Crippen molar-refractivity contribution in [2.45, 2.75) is 18.8 Å². The second-order valence-corrected chi connectivity index (χ2v) is 5.37. The monoisotopic (exact) mass is 338 g/mol. The van der Waals surface area contributed by atoms with Crippen LogP contribution in [0.2, 0.25) is 0 Å². The highest BCUT2D eigenvalue weighted by Gasteiger charge is 2.26. The lowest BCUT2D eigenvalue weighted by Crippen LogP contribution is -2.15. The topological polar surface area (TPSA) is 87.1 Å². The number of nitrogens with one attached hydrogen (secondary N) is 2. The summed E-state index contributed by atoms with van der Waals surface area (Å²) < 4.78 is 40.8. The Balaban J connectivity index is 1.92. The van der Waals surface area contributed by atoms with Gasteiger partial charge in [-0.2, -0.15) is 4.98 Å². The molecule has 1 aromatic heterocycles. The Morgan fingerprint density at radius 3 is 2.58 bits per heavy atom. The number of carboxylic acids is 1. The first-order valence-electron chi connectivity index (χ1n) is 7.19. The van der Waals surface area contributed by atoms with E-state index in [9.17, 15) is 18.0 Å². The highest BCUT2D eigenvalue weighted by molar-refractivity contribution is 5.72. The van der Waals surface area contributed by atoms with Crippen LogP contribution in [0.1, 0.15) is 24.5 Å². The normalized spacial score (nSPS) is 13.6. The van der Waals surface area contributed by atoms with E-state index in [1.165, 1.54) is 6.07 Å². The quantitative estimate of drug-likeness (QED) is 0.702. The van der Waals surface area contributed by atoms with Crippen molar-refractivity contribution >= 4 is 23.4 Å². The third kappa shape index (κ3) is 3.55. The maximum atomic E-state index is 13.8. The zero-order chi connectivity index (χ0) is 17.3. The molecule has 24 heavy (non-hydrogen) atoms. The molecule has 0 amide bonds. The minimum Gasteiger partial charge on any atom is -0.480 e. The number of hydrogen-bond acceptors (Lipinski definition) is 5. The Kier molecular flexibility index (Phi) is 4.24. The number of carboxylic acid groups (broad SMARTS) is 1. The number of carbonyl (C=O) groups is 1. The Hall–Kier alpha value is -2.84. The van der Waals surface area contributed by atoms with Crippen molar-refractivity contribution in [3.05, 3.63) is 41.3 Å². The van der Waals surface area contributed by atoms with Crippen LogP contribution in [0.25, 0.3) is 0 Å². The molecule has 2 aromatic rings. The molecule has 9 heteroatoms. The molecular weight excluding hydrogens is 325 g/mol. The van der Waals surface area contributed by atoms with Crippen LogP contribution in [0, 0.1) is 17.5 Å². The van der Waals surface area contributed by atoms with E-state index in [0.717, 1.165) is 18.9 Å². The molecule has 1 heterocycles. The van der Waals surface area contributed by atoms with Gasteiger partial charge in [-0.25, -0.2) is 18.2 Å². The van der Waals surface area contributed by atoms with Crippen LogP contribution in [0.4, 0.5) is 30.6 Å². The van der Waals surface area contributed by atoms with E-state index < -0.39 is 35.7 Å². The predicted octanol–water partition coefficient (Wildman–Crippen LogP) is 3.01. The first-order chi connectivity index (χ1) is 11.4. The molecule has 0 saturated heterocycles. The summed E-state index contributed by atoms with van der Waals surface area (Å²) in [5, 5.41) is 13.6. The summed E-state index contributed by atoms with van der Waals surface area (Å²) in [7, 11) is 0. The van der Waals surface area contributed by atoms with Crippen LogP contribution < -0.4 is 10.6 Å². The summed E-state index contributed by atoms with van der Waals surface area (Å²) in [5.74, 6) is -4.38. The number of aliphatic carboxylic acids is 1. The summed E-state index contributed by atoms with van der Waals surface area (Å²) in [6, 6.07) is 2.99. The molecule has 3 N–H and O–H groups in total. The van der Waals surface area contributed by atoms with Crippen molar-refractivity contribution in [3.63, 3.8) is 0 Å². The Labute approximate surface area is 134 Å². The fourth-order valence-electron chi connectivity index (χ4n) is 2.12. The van der Waals surface area contributed by atoms with E-state index in [0.29, 0.717) is 11.8 Å². The van der Waals surface area contributed by atoms with Gasteiger partial charge < -0.3 is 15.7 Å². The minimum atomic E-state index is -1.36. The standard InChI is InChI=1S/C15H13F3N4O2/c16-8-3-4-9(17)14(13(8)18)21-11-5-10(7-1-2-7)20-15(22-11)19-6-12(23)24/h3-5,7H,1-2,6H2,(H,23,24)(H2,19,20,21,22). The average Bonchev–Trinajstić information content (AvgIpc) is 3.38. The second-order valence-electron chi connectivity index (χ2n) is 5.37. The number of rotatable bonds is 6. The van der Waals surface area contributed by atoms with Gasteiger partial charge in [0.05, 0.1) is 5.69 Å². The summed E-state index contributed by atoms with van der Waals surface area (Å²) in [6.45, 7) is -0.407. The number of benzene rings is 1. The molecule has 6 nitrogen and oxygen atoms in total. The third-order valence-corrected chi connectivity index (χ3v) is 3.44. The van der Waals surface area contributed by atoms with Gasteiger partial charge in [0.25, 0.3) is 0 Å². The van der Waals surface area contributed by atoms with Crippen LogP contribution >= 0.6 is 0 Å². The Morgan fingerprint density at radius 2 is 1.92 bits per heavy atom. The first kappa shape index (κ1) is 16.0. The lowest BCUT2D eigenvalue weighted by Gasteiger charge is -2.11. The second kappa shape index (κ2) is 6.34. The van der Waals surface area contributed by atoms with Gasteiger partial charge in [0.1, 0.15) is 23.9 Å². The van der Waals surface area contributed by atoms with Gasteiger partial charge in [0.15, 0.2) is 11.6 Å². The fraction of sp³-hybridized carbons (Fsp3) is 0.267. The van der Waals surface area contributed by atoms with Crippen LogP contribution in [-0.4, -0.2) is 27.6 Å². The van der Waals surface area contributed by atoms with Crippen molar-refractivity contribution in [2.75, 3.05) is 17.2 Å². The molecule has 1 aromatic carbocycles. The van der Waals surface area contributed by atoms with Gasteiger partial charge in [0, 0.05) is 12.0 Å². The van der Waals surface area contributed by atoms with Crippen molar-refractivity contribution in [1.82, 2.24) is 9.97 Å². The van der Waals surface area contributed by atoms with E-state index in [1.54, 1.807) is 0 Å². The number of hydrogen-bond donors (Lipinski definition) is 3. The van der Waals surface area contributed by atoms with E-state index in [4.69, 9.17) is 5.11 Å². The highest BCUT2D eigenvalue weighted by Crippen LogP contribution is 2.40. The molecule has 126 valence electrons. The number of halogens is 3. The van der Waals surface area contributed by atoms with E-state index in [-0.39, 0.29) is 17.7 Å². The van der Waals surface area contributed by atoms with Gasteiger partial charge in [0.2, 0.25) is 5.95 Å². The molecule has 0 atom stereocenters. The van der Waals surface area contributed by atoms with Crippen molar-refractivity contribution in [2.24, 2.45) is 0 Å². The fourth-order valence-corrected chi connectivity index (χ4v) is 2.12. The summed E-state index contributed by atoms with van der Waals surface area (Å²) in [4.78, 5) is 18.8. The number of anilines is 3. The van der Waals surface area contributed by atoms with Crippen molar-refractivity contribution in [3.8, 4) is 0 Å². The smallest absolute Gasteiger partial charge is 0.322 e. The number of nitrogens with zero attached hydrogens (tertiary/aromatic N) is 2. The Bertz CT molecular complexity index is 797. The Morgan fingerprint density at radius 1 is 1.21 bits per heavy atom. The zero-order valence-corrected chi connectivity index (χ0v) is 12.3. The van der Waals surface area contributed by atoms with Gasteiger partial charge >= 0.3 is 5.97 Å². The van der Waals surface area contributed by atoms with Crippen LogP contribution in [0.3, 0.4) is 0 Å². The first-order valence-corrected chi connectivity index (χ1v) is 7.19. The lowest BCUT2D eigenvalue weighted by molar-refractivity contribution is -0.134. The van der Waals surface area contributed by atoms with Crippen molar-refractivity contribution < 1.29 is 23.1 Å². The van der Waals surface area contributed by atoms with Gasteiger partial charge in [-0.05, 0) is 25.0 Å². The maximum absolute atomic E-state index is 13.8. The maximum Gasteiger partial charge on any atom is 0.322 e. The molecular formula is C15H13F3N4O2. The summed E-state index contributed by atoms with van der Waals surface area (Å²) in [6.07, 6.45) is 1.83. The average molecular weight is 338 g/mol. The molecule has 0 unspecified atom stereocenters. The van der Waals surface area contributed by atoms with E-state index >= 15 is 0 Å². The number of aromatic nitrogens is 2. The van der Waals surface area contributed by atoms with Crippen LogP contribution in [0.15, 0.2) is 18.2 Å². The molecule has 3 rings (SSSR count). The molecule has 0 aliphatic heterocycles. The molecule has 1 aliphatic carbocycles. The molecule has 1 saturated carbocycles. The van der Waals surface area contributed by atoms with E-state index in [1.807, 2.05) is 0 Å². The van der Waals surface area contributed by atoms with E-state index in [2.05, 4.69) is 20.6 Å². The molecule has 0 spiro atoms. The van der Waals surface area contributed by atoms with Crippen LogP contribution in [0.5, 0.6) is 0 Å². The third-order valence-electron chi connectivity index (χ3n) is 3.44. The van der Waals surface area contributed by atoms with Crippen molar-refractivity contribution in [1.29, 1.82) is 0 Å². The molecule has 1 fully saturated rings.